The van der Waals surface area contributed by atoms with E-state index in [0.717, 1.165) is 25.1 Å². The number of carbonyl (C=O) groups excluding carboxylic acids is 1. The van der Waals surface area contributed by atoms with E-state index in [1.54, 1.807) is 17.6 Å². The van der Waals surface area contributed by atoms with Crippen LogP contribution >= 0.6 is 11.3 Å². The Kier molecular flexibility index (Phi) is 4.41. The van der Waals surface area contributed by atoms with Crippen LogP contribution in [-0.4, -0.2) is 23.9 Å². The predicted molar refractivity (Wildman–Crippen MR) is 83.1 cm³/mol. The summed E-state index contributed by atoms with van der Waals surface area (Å²) >= 11 is 1.72. The van der Waals surface area contributed by atoms with E-state index >= 15 is 0 Å². The Morgan fingerprint density at radius 1 is 1.57 bits per heavy atom. The molecule has 21 heavy (non-hydrogen) atoms. The number of rotatable bonds is 5. The maximum Gasteiger partial charge on any atom is 0.234 e. The largest absolute Gasteiger partial charge is 0.467 e. The summed E-state index contributed by atoms with van der Waals surface area (Å²) in [6.07, 6.45) is 3.92. The van der Waals surface area contributed by atoms with Crippen LogP contribution in [0.3, 0.4) is 0 Å². The van der Waals surface area contributed by atoms with Crippen molar-refractivity contribution in [2.24, 2.45) is 0 Å². The second kappa shape index (κ2) is 6.45. The van der Waals surface area contributed by atoms with Gasteiger partial charge in [-0.2, -0.15) is 11.3 Å². The SMILES string of the molecule is C[C@H](NC(=O)CN1CCC[C@H]1c1ccsc1)c1ccco1. The lowest BCUT2D eigenvalue weighted by Gasteiger charge is -2.24. The summed E-state index contributed by atoms with van der Waals surface area (Å²) in [7, 11) is 0. The Labute approximate surface area is 128 Å². The van der Waals surface area contributed by atoms with Crippen molar-refractivity contribution >= 4 is 17.2 Å². The van der Waals surface area contributed by atoms with Crippen molar-refractivity contribution in [1.29, 1.82) is 0 Å². The van der Waals surface area contributed by atoms with Crippen LogP contribution in [0.25, 0.3) is 0 Å². The van der Waals surface area contributed by atoms with Gasteiger partial charge in [-0.1, -0.05) is 0 Å². The molecule has 3 heterocycles. The number of nitrogens with zero attached hydrogens (tertiary/aromatic N) is 1. The van der Waals surface area contributed by atoms with Crippen molar-refractivity contribution < 1.29 is 9.21 Å². The normalized spacial score (nSPS) is 20.5. The van der Waals surface area contributed by atoms with Crippen molar-refractivity contribution in [3.8, 4) is 0 Å². The molecule has 1 fully saturated rings. The van der Waals surface area contributed by atoms with Crippen LogP contribution in [0.5, 0.6) is 0 Å². The molecule has 1 amide bonds. The first-order valence-corrected chi connectivity index (χ1v) is 8.27. The van der Waals surface area contributed by atoms with Gasteiger partial charge in [0.1, 0.15) is 5.76 Å². The molecule has 0 spiro atoms. The smallest absolute Gasteiger partial charge is 0.234 e. The van der Waals surface area contributed by atoms with Crippen LogP contribution in [0.1, 0.15) is 43.2 Å². The van der Waals surface area contributed by atoms with Crippen molar-refractivity contribution in [2.45, 2.75) is 31.8 Å². The highest BCUT2D eigenvalue weighted by Crippen LogP contribution is 2.32. The Morgan fingerprint density at radius 3 is 3.19 bits per heavy atom. The van der Waals surface area contributed by atoms with Gasteiger partial charge in [0.2, 0.25) is 5.91 Å². The third-order valence-corrected chi connectivity index (χ3v) is 4.69. The zero-order valence-corrected chi connectivity index (χ0v) is 12.9. The quantitative estimate of drug-likeness (QED) is 0.921. The van der Waals surface area contributed by atoms with E-state index in [-0.39, 0.29) is 11.9 Å². The molecule has 0 saturated carbocycles. The zero-order chi connectivity index (χ0) is 14.7. The number of thiophene rings is 1. The first-order chi connectivity index (χ1) is 10.2. The Bertz CT molecular complexity index is 565. The van der Waals surface area contributed by atoms with Crippen LogP contribution < -0.4 is 5.32 Å². The van der Waals surface area contributed by atoms with Gasteiger partial charge >= 0.3 is 0 Å². The van der Waals surface area contributed by atoms with Crippen molar-refractivity contribution in [3.05, 3.63) is 46.5 Å². The molecule has 1 aliphatic heterocycles. The topological polar surface area (TPSA) is 45.5 Å². The summed E-state index contributed by atoms with van der Waals surface area (Å²) in [5.74, 6) is 0.847. The van der Waals surface area contributed by atoms with E-state index in [2.05, 4.69) is 27.0 Å². The van der Waals surface area contributed by atoms with Gasteiger partial charge in [0.05, 0.1) is 18.8 Å². The summed E-state index contributed by atoms with van der Waals surface area (Å²) in [6.45, 7) is 3.38. The lowest BCUT2D eigenvalue weighted by molar-refractivity contribution is -0.123. The van der Waals surface area contributed by atoms with Gasteiger partial charge < -0.3 is 9.73 Å². The molecule has 1 saturated heterocycles. The molecule has 2 aromatic heterocycles. The van der Waals surface area contributed by atoms with E-state index in [0.29, 0.717) is 12.6 Å². The molecule has 1 aliphatic rings. The molecule has 0 radical (unpaired) electrons. The summed E-state index contributed by atoms with van der Waals surface area (Å²) in [6, 6.07) is 6.19. The number of hydrogen-bond acceptors (Lipinski definition) is 4. The Balaban J connectivity index is 1.57. The number of amides is 1. The van der Waals surface area contributed by atoms with E-state index in [4.69, 9.17) is 4.42 Å². The highest BCUT2D eigenvalue weighted by molar-refractivity contribution is 7.07. The first-order valence-electron chi connectivity index (χ1n) is 7.33. The summed E-state index contributed by atoms with van der Waals surface area (Å²) in [4.78, 5) is 14.5. The standard InChI is InChI=1S/C16H20N2O2S/c1-12(15-5-3-8-20-15)17-16(19)10-18-7-2-4-14(18)13-6-9-21-11-13/h3,5-6,8-9,11-12,14H,2,4,7,10H2,1H3,(H,17,19)/t12-,14-/m0/s1. The third-order valence-electron chi connectivity index (χ3n) is 3.99. The van der Waals surface area contributed by atoms with Gasteiger partial charge in [-0.3, -0.25) is 9.69 Å². The highest BCUT2D eigenvalue weighted by Gasteiger charge is 2.28. The van der Waals surface area contributed by atoms with Crippen LogP contribution in [0.15, 0.2) is 39.6 Å². The second-order valence-electron chi connectivity index (χ2n) is 5.49. The molecule has 3 rings (SSSR count). The predicted octanol–water partition coefficient (Wildman–Crippen LogP) is 3.36. The fourth-order valence-electron chi connectivity index (χ4n) is 2.94. The molecular formula is C16H20N2O2S. The van der Waals surface area contributed by atoms with Gasteiger partial charge in [-0.15, -0.1) is 0 Å². The lowest BCUT2D eigenvalue weighted by Crippen LogP contribution is -2.37. The maximum atomic E-state index is 12.2. The summed E-state index contributed by atoms with van der Waals surface area (Å²) in [5, 5.41) is 7.29. The minimum atomic E-state index is -0.0882. The van der Waals surface area contributed by atoms with Gasteiger partial charge in [0, 0.05) is 6.04 Å². The molecule has 5 heteroatoms. The van der Waals surface area contributed by atoms with Crippen LogP contribution in [0.4, 0.5) is 0 Å². The molecular weight excluding hydrogens is 284 g/mol. The fraction of sp³-hybridized carbons (Fsp3) is 0.438. The van der Waals surface area contributed by atoms with Crippen molar-refractivity contribution in [2.75, 3.05) is 13.1 Å². The van der Waals surface area contributed by atoms with E-state index in [9.17, 15) is 4.79 Å². The molecule has 112 valence electrons. The zero-order valence-electron chi connectivity index (χ0n) is 12.1. The Hall–Kier alpha value is -1.59. The van der Waals surface area contributed by atoms with Crippen LogP contribution in [0, 0.1) is 0 Å². The molecule has 0 aliphatic carbocycles. The monoisotopic (exact) mass is 304 g/mol. The number of nitrogens with one attached hydrogen (secondary N) is 1. The third kappa shape index (κ3) is 3.36. The number of likely N-dealkylation sites (tertiary alicyclic amines) is 1. The second-order valence-corrected chi connectivity index (χ2v) is 6.27. The average molecular weight is 304 g/mol. The summed E-state index contributed by atoms with van der Waals surface area (Å²) in [5.41, 5.74) is 1.34. The first kappa shape index (κ1) is 14.4. The fourth-order valence-corrected chi connectivity index (χ4v) is 3.64. The van der Waals surface area contributed by atoms with Gasteiger partial charge in [0.25, 0.3) is 0 Å². The average Bonchev–Trinajstić information content (AvgIpc) is 3.21. The molecule has 0 bridgehead atoms. The van der Waals surface area contributed by atoms with Crippen LogP contribution in [-0.2, 0) is 4.79 Å². The number of hydrogen-bond donors (Lipinski definition) is 1. The van der Waals surface area contributed by atoms with E-state index in [1.807, 2.05) is 19.1 Å². The van der Waals surface area contributed by atoms with Gasteiger partial charge in [-0.25, -0.2) is 0 Å². The molecule has 0 unspecified atom stereocenters. The van der Waals surface area contributed by atoms with Crippen molar-refractivity contribution in [1.82, 2.24) is 10.2 Å². The molecule has 4 nitrogen and oxygen atoms in total. The van der Waals surface area contributed by atoms with E-state index < -0.39 is 0 Å². The molecule has 2 aromatic rings. The Morgan fingerprint density at radius 2 is 2.48 bits per heavy atom. The van der Waals surface area contributed by atoms with Crippen molar-refractivity contribution in [3.63, 3.8) is 0 Å². The number of furan rings is 1. The maximum absolute atomic E-state index is 12.2. The minimum Gasteiger partial charge on any atom is -0.467 e. The van der Waals surface area contributed by atoms with Gasteiger partial charge in [-0.05, 0) is 60.8 Å². The highest BCUT2D eigenvalue weighted by atomic mass is 32.1. The lowest BCUT2D eigenvalue weighted by atomic mass is 10.1. The van der Waals surface area contributed by atoms with Gasteiger partial charge in [0.15, 0.2) is 0 Å². The minimum absolute atomic E-state index is 0.0565. The summed E-state index contributed by atoms with van der Waals surface area (Å²) < 4.78 is 5.32. The molecule has 2 atom stereocenters. The molecule has 1 N–H and O–H groups in total. The molecule has 0 aromatic carbocycles. The van der Waals surface area contributed by atoms with E-state index in [1.165, 1.54) is 5.56 Å². The van der Waals surface area contributed by atoms with Crippen LogP contribution in [0.2, 0.25) is 0 Å². The number of carbonyl (C=O) groups is 1.